The number of hydrogen-bond acceptors (Lipinski definition) is 7. The van der Waals surface area contributed by atoms with Crippen molar-refractivity contribution in [1.29, 1.82) is 0 Å². The van der Waals surface area contributed by atoms with Gasteiger partial charge in [0.1, 0.15) is 5.60 Å². The smallest absolute Gasteiger partial charge is 0.338 e. The molecule has 7 nitrogen and oxygen atoms in total. The topological polar surface area (TPSA) is 110 Å². The molecule has 0 bridgehead atoms. The molecule has 5 atom stereocenters. The Hall–Kier alpha value is -2.78. The second kappa shape index (κ2) is 12.8. The van der Waals surface area contributed by atoms with Gasteiger partial charge in [0.15, 0.2) is 5.60 Å². The number of hydrogen-bond donors (Lipinski definition) is 2. The fourth-order valence-corrected chi connectivity index (χ4v) is 6.52. The maximum atomic E-state index is 13.4. The summed E-state index contributed by atoms with van der Waals surface area (Å²) in [6, 6.07) is 17.6. The molecule has 8 heteroatoms. The van der Waals surface area contributed by atoms with E-state index in [-0.39, 0.29) is 34.7 Å². The molecule has 3 rings (SSSR count). The zero-order valence-electron chi connectivity index (χ0n) is 24.2. The summed E-state index contributed by atoms with van der Waals surface area (Å²) in [5.74, 6) is -1.17. The van der Waals surface area contributed by atoms with Crippen molar-refractivity contribution >= 4 is 15.8 Å². The van der Waals surface area contributed by atoms with E-state index in [9.17, 15) is 23.4 Å². The van der Waals surface area contributed by atoms with Crippen LogP contribution in [0.5, 0.6) is 0 Å². The Labute approximate surface area is 238 Å². The highest BCUT2D eigenvalue weighted by atomic mass is 32.2. The summed E-state index contributed by atoms with van der Waals surface area (Å²) in [5, 5.41) is 22.6. The fourth-order valence-electron chi connectivity index (χ4n) is 5.30. The predicted octanol–water partition coefficient (Wildman–Crippen LogP) is 5.23. The van der Waals surface area contributed by atoms with Crippen molar-refractivity contribution in [3.63, 3.8) is 0 Å². The normalized spacial score (nSPS) is 26.5. The average molecular weight is 571 g/mol. The van der Waals surface area contributed by atoms with Crippen LogP contribution in [0, 0.1) is 17.8 Å². The van der Waals surface area contributed by atoms with Crippen LogP contribution < -0.4 is 0 Å². The number of aliphatic hydroxyl groups excluding tert-OH is 1. The van der Waals surface area contributed by atoms with Crippen molar-refractivity contribution in [2.45, 2.75) is 76.3 Å². The number of carbonyl (C=O) groups is 1. The van der Waals surface area contributed by atoms with Crippen LogP contribution in [0.1, 0.15) is 53.0 Å². The lowest BCUT2D eigenvalue weighted by atomic mass is 9.63. The van der Waals surface area contributed by atoms with Gasteiger partial charge in [0.05, 0.1) is 24.7 Å². The number of carbonyl (C=O) groups excluding carboxylic acids is 1. The number of methoxy groups -OCH3 is 1. The van der Waals surface area contributed by atoms with Crippen molar-refractivity contribution in [1.82, 2.24) is 0 Å². The highest BCUT2D eigenvalue weighted by Crippen LogP contribution is 2.46. The highest BCUT2D eigenvalue weighted by Gasteiger charge is 2.48. The Morgan fingerprint density at radius 2 is 1.70 bits per heavy atom. The van der Waals surface area contributed by atoms with Gasteiger partial charge in [-0.3, -0.25) is 0 Å². The zero-order valence-corrected chi connectivity index (χ0v) is 25.0. The number of rotatable bonds is 10. The molecule has 0 amide bonds. The minimum Gasteiger partial charge on any atom is -0.467 e. The predicted molar refractivity (Wildman–Crippen MR) is 155 cm³/mol. The largest absolute Gasteiger partial charge is 0.467 e. The lowest BCUT2D eigenvalue weighted by Gasteiger charge is -2.46. The molecule has 1 aliphatic carbocycles. The van der Waals surface area contributed by atoms with E-state index in [0.29, 0.717) is 12.0 Å². The van der Waals surface area contributed by atoms with Gasteiger partial charge >= 0.3 is 5.97 Å². The van der Waals surface area contributed by atoms with Gasteiger partial charge in [-0.25, -0.2) is 13.2 Å². The molecule has 0 heterocycles. The molecule has 40 heavy (non-hydrogen) atoms. The van der Waals surface area contributed by atoms with E-state index in [1.54, 1.807) is 56.3 Å². The maximum absolute atomic E-state index is 13.4. The van der Waals surface area contributed by atoms with Crippen LogP contribution in [0.4, 0.5) is 0 Å². The summed E-state index contributed by atoms with van der Waals surface area (Å²) in [7, 11) is -2.48. The number of allylic oxidation sites excluding steroid dienone is 2. The summed E-state index contributed by atoms with van der Waals surface area (Å²) in [4.78, 5) is 13.2. The van der Waals surface area contributed by atoms with Crippen molar-refractivity contribution in [2.24, 2.45) is 17.8 Å². The monoisotopic (exact) mass is 570 g/mol. The van der Waals surface area contributed by atoms with E-state index in [4.69, 9.17) is 9.47 Å². The number of sulfone groups is 1. The first-order chi connectivity index (χ1) is 18.7. The SMILES string of the molecule is COC(=O)[C@](C)(C/C=C1/[C@H](/C=C(\C)S(=O)(=O)c2ccccc2)[C@@H](C(C)C)C[C@H](O)[C@]1(C)O)OCc1ccccc1. The van der Waals surface area contributed by atoms with Gasteiger partial charge in [-0.15, -0.1) is 0 Å². The van der Waals surface area contributed by atoms with Crippen molar-refractivity contribution in [3.8, 4) is 0 Å². The van der Waals surface area contributed by atoms with Crippen LogP contribution in [-0.4, -0.2) is 49.0 Å². The average Bonchev–Trinajstić information content (AvgIpc) is 2.93. The molecule has 0 aliphatic heterocycles. The molecule has 2 aromatic carbocycles. The highest BCUT2D eigenvalue weighted by molar-refractivity contribution is 7.95. The standard InChI is InChI=1S/C32H42O7S/c1-22(2)26-20-29(33)32(5,35)28(27(26)19-23(3)40(36,37)25-15-11-8-12-16-25)17-18-31(4,30(34)38-6)39-21-24-13-9-7-10-14-24/h7-17,19,22,26-27,29,33,35H,18,20-21H2,1-6H3/b23-19+,28-17-/t26-,27-,29+,31+,32-/m1/s1. The first kappa shape index (κ1) is 31.7. The summed E-state index contributed by atoms with van der Waals surface area (Å²) < 4.78 is 37.9. The fraction of sp³-hybridized carbons (Fsp3) is 0.469. The van der Waals surface area contributed by atoms with Gasteiger partial charge in [0, 0.05) is 17.2 Å². The van der Waals surface area contributed by atoms with Crippen LogP contribution >= 0.6 is 0 Å². The molecular weight excluding hydrogens is 528 g/mol. The third-order valence-electron chi connectivity index (χ3n) is 8.03. The van der Waals surface area contributed by atoms with Crippen molar-refractivity contribution < 1.29 is 32.9 Å². The van der Waals surface area contributed by atoms with E-state index in [0.717, 1.165) is 5.56 Å². The number of aliphatic hydroxyl groups is 2. The Balaban J connectivity index is 2.07. The molecule has 1 saturated carbocycles. The third kappa shape index (κ3) is 6.92. The van der Waals surface area contributed by atoms with Gasteiger partial charge in [-0.2, -0.15) is 0 Å². The van der Waals surface area contributed by atoms with Crippen molar-refractivity contribution in [2.75, 3.05) is 7.11 Å². The maximum Gasteiger partial charge on any atom is 0.338 e. The Morgan fingerprint density at radius 1 is 1.12 bits per heavy atom. The lowest BCUT2D eigenvalue weighted by Crippen LogP contribution is -2.51. The molecule has 1 aliphatic rings. The van der Waals surface area contributed by atoms with Crippen molar-refractivity contribution in [3.05, 3.63) is 88.9 Å². The van der Waals surface area contributed by atoms with Crippen LogP contribution in [0.3, 0.4) is 0 Å². The van der Waals surface area contributed by atoms with Gasteiger partial charge in [0.2, 0.25) is 9.84 Å². The molecule has 0 unspecified atom stereocenters. The first-order valence-corrected chi connectivity index (χ1v) is 15.1. The minimum atomic E-state index is -3.77. The van der Waals surface area contributed by atoms with Crippen LogP contribution in [0.25, 0.3) is 0 Å². The van der Waals surface area contributed by atoms with E-state index in [1.807, 2.05) is 44.2 Å². The Bertz CT molecular complexity index is 1310. The summed E-state index contributed by atoms with van der Waals surface area (Å²) in [6.07, 6.45) is 2.66. The Kier molecular flexibility index (Phi) is 10.2. The zero-order chi connectivity index (χ0) is 29.7. The van der Waals surface area contributed by atoms with Gasteiger partial charge in [0.25, 0.3) is 0 Å². The summed E-state index contributed by atoms with van der Waals surface area (Å²) >= 11 is 0. The minimum absolute atomic E-state index is 0.0460. The van der Waals surface area contributed by atoms with Crippen LogP contribution in [0.2, 0.25) is 0 Å². The van der Waals surface area contributed by atoms with E-state index in [2.05, 4.69) is 0 Å². The van der Waals surface area contributed by atoms with Gasteiger partial charge in [-0.1, -0.05) is 74.5 Å². The summed E-state index contributed by atoms with van der Waals surface area (Å²) in [6.45, 7) is 8.90. The van der Waals surface area contributed by atoms with E-state index < -0.39 is 39.0 Å². The van der Waals surface area contributed by atoms with Gasteiger partial charge < -0.3 is 19.7 Å². The Morgan fingerprint density at radius 3 is 2.25 bits per heavy atom. The third-order valence-corrected chi connectivity index (χ3v) is 9.90. The second-order valence-corrected chi connectivity index (χ2v) is 13.4. The van der Waals surface area contributed by atoms with Crippen LogP contribution in [-0.2, 0) is 30.7 Å². The molecule has 2 N–H and O–H groups in total. The molecule has 0 radical (unpaired) electrons. The van der Waals surface area contributed by atoms with E-state index in [1.165, 1.54) is 14.0 Å². The molecular formula is C32H42O7S. The van der Waals surface area contributed by atoms with Gasteiger partial charge in [-0.05, 0) is 62.3 Å². The quantitative estimate of drug-likeness (QED) is 0.297. The molecule has 0 saturated heterocycles. The number of benzene rings is 2. The second-order valence-electron chi connectivity index (χ2n) is 11.3. The molecule has 1 fully saturated rings. The molecule has 2 aromatic rings. The first-order valence-electron chi connectivity index (χ1n) is 13.6. The molecule has 0 spiro atoms. The summed E-state index contributed by atoms with van der Waals surface area (Å²) in [5.41, 5.74) is -1.71. The lowest BCUT2D eigenvalue weighted by molar-refractivity contribution is -0.168. The van der Waals surface area contributed by atoms with Crippen LogP contribution in [0.15, 0.2) is 88.2 Å². The number of esters is 1. The molecule has 0 aromatic heterocycles. The van der Waals surface area contributed by atoms with E-state index >= 15 is 0 Å². The molecule has 218 valence electrons. The number of ether oxygens (including phenoxy) is 2.